The Morgan fingerprint density at radius 1 is 0.972 bits per heavy atom. The lowest BCUT2D eigenvalue weighted by Crippen LogP contribution is -2.27. The van der Waals surface area contributed by atoms with Gasteiger partial charge >= 0.3 is 0 Å². The number of aromatic nitrogens is 2. The normalized spacial score (nSPS) is 11.8. The summed E-state index contributed by atoms with van der Waals surface area (Å²) in [6, 6.07) is 18.5. The Hall–Kier alpha value is -4.46. The number of aryl methyl sites for hydroxylation is 2. The Morgan fingerprint density at radius 2 is 1.72 bits per heavy atom. The van der Waals surface area contributed by atoms with Crippen LogP contribution in [0.3, 0.4) is 0 Å². The number of carbonyl (C=O) groups excluding carboxylic acids is 1. The first-order chi connectivity index (χ1) is 17.4. The second-order valence-corrected chi connectivity index (χ2v) is 8.70. The smallest absolute Gasteiger partial charge is 0.278 e. The van der Waals surface area contributed by atoms with E-state index in [-0.39, 0.29) is 18.0 Å². The average molecular weight is 486 g/mol. The number of hydrogen-bond acceptors (Lipinski definition) is 5. The number of anilines is 1. The SMILES string of the molecule is COc1ccccc1NC(=O)Cn1c2c(c(=O)n1-c1ccc(C)c(C)c1)Cc1cccc(OC)c1O2. The van der Waals surface area contributed by atoms with Crippen LogP contribution in [0.1, 0.15) is 22.3 Å². The second kappa shape index (κ2) is 9.30. The number of nitrogens with one attached hydrogen (secondary N) is 1. The highest BCUT2D eigenvalue weighted by Gasteiger charge is 2.31. The zero-order valence-electron chi connectivity index (χ0n) is 20.6. The van der Waals surface area contributed by atoms with Crippen LogP contribution in [0.15, 0.2) is 65.5 Å². The van der Waals surface area contributed by atoms with Crippen LogP contribution in [0.2, 0.25) is 0 Å². The lowest BCUT2D eigenvalue weighted by molar-refractivity contribution is -0.117. The van der Waals surface area contributed by atoms with Gasteiger partial charge in [0, 0.05) is 12.0 Å². The molecule has 0 radical (unpaired) electrons. The van der Waals surface area contributed by atoms with E-state index in [0.717, 1.165) is 16.7 Å². The molecule has 3 aromatic carbocycles. The zero-order chi connectivity index (χ0) is 25.4. The van der Waals surface area contributed by atoms with E-state index in [0.29, 0.717) is 46.5 Å². The lowest BCUT2D eigenvalue weighted by atomic mass is 10.0. The molecule has 1 aliphatic heterocycles. The summed E-state index contributed by atoms with van der Waals surface area (Å²) in [4.78, 5) is 27.0. The molecule has 1 aliphatic rings. The van der Waals surface area contributed by atoms with Crippen LogP contribution in [-0.4, -0.2) is 29.5 Å². The average Bonchev–Trinajstić information content (AvgIpc) is 3.14. The first-order valence-corrected chi connectivity index (χ1v) is 11.6. The fourth-order valence-corrected chi connectivity index (χ4v) is 4.44. The molecule has 1 N–H and O–H groups in total. The van der Waals surface area contributed by atoms with E-state index in [2.05, 4.69) is 5.32 Å². The fourth-order valence-electron chi connectivity index (χ4n) is 4.44. The van der Waals surface area contributed by atoms with E-state index in [1.165, 1.54) is 4.68 Å². The van der Waals surface area contributed by atoms with Crippen LogP contribution in [0, 0.1) is 13.8 Å². The molecule has 0 fully saturated rings. The monoisotopic (exact) mass is 485 g/mol. The molecule has 0 spiro atoms. The van der Waals surface area contributed by atoms with Crippen molar-refractivity contribution in [3.8, 4) is 28.8 Å². The molecular weight excluding hydrogens is 458 g/mol. The van der Waals surface area contributed by atoms with Crippen molar-refractivity contribution in [3.63, 3.8) is 0 Å². The third-order valence-corrected chi connectivity index (χ3v) is 6.44. The maximum Gasteiger partial charge on any atom is 0.278 e. The highest BCUT2D eigenvalue weighted by atomic mass is 16.5. The topological polar surface area (TPSA) is 83.7 Å². The first-order valence-electron chi connectivity index (χ1n) is 11.6. The van der Waals surface area contributed by atoms with E-state index in [9.17, 15) is 9.59 Å². The Morgan fingerprint density at radius 3 is 2.47 bits per heavy atom. The van der Waals surface area contributed by atoms with Gasteiger partial charge in [-0.15, -0.1) is 0 Å². The quantitative estimate of drug-likeness (QED) is 0.380. The van der Waals surface area contributed by atoms with E-state index in [4.69, 9.17) is 14.2 Å². The molecule has 0 saturated carbocycles. The summed E-state index contributed by atoms with van der Waals surface area (Å²) in [5, 5.41) is 2.89. The molecular formula is C28H27N3O5. The Balaban J connectivity index is 1.62. The summed E-state index contributed by atoms with van der Waals surface area (Å²) in [5.41, 5.74) is 4.44. The number of nitrogens with zero attached hydrogens (tertiary/aromatic N) is 2. The van der Waals surface area contributed by atoms with Gasteiger partial charge in [-0.2, -0.15) is 0 Å². The zero-order valence-corrected chi connectivity index (χ0v) is 20.6. The number of para-hydroxylation sites is 3. The van der Waals surface area contributed by atoms with E-state index in [1.54, 1.807) is 37.1 Å². The van der Waals surface area contributed by atoms with Gasteiger partial charge in [0.2, 0.25) is 11.8 Å². The van der Waals surface area contributed by atoms with Crippen LogP contribution < -0.4 is 25.1 Å². The third kappa shape index (κ3) is 4.00. The van der Waals surface area contributed by atoms with Crippen molar-refractivity contribution in [2.24, 2.45) is 0 Å². The first kappa shape index (κ1) is 23.3. The maximum absolute atomic E-state index is 13.7. The summed E-state index contributed by atoms with van der Waals surface area (Å²) >= 11 is 0. The predicted molar refractivity (Wildman–Crippen MR) is 137 cm³/mol. The summed E-state index contributed by atoms with van der Waals surface area (Å²) in [6.07, 6.45) is 0.368. The number of ether oxygens (including phenoxy) is 3. The highest BCUT2D eigenvalue weighted by molar-refractivity contribution is 5.92. The van der Waals surface area contributed by atoms with Gasteiger partial charge in [0.1, 0.15) is 12.3 Å². The minimum absolute atomic E-state index is 0.153. The van der Waals surface area contributed by atoms with Crippen molar-refractivity contribution in [2.45, 2.75) is 26.8 Å². The summed E-state index contributed by atoms with van der Waals surface area (Å²) in [7, 11) is 3.12. The van der Waals surface area contributed by atoms with Gasteiger partial charge in [-0.05, 0) is 55.3 Å². The Kier molecular flexibility index (Phi) is 6.01. The maximum atomic E-state index is 13.7. The van der Waals surface area contributed by atoms with Crippen molar-refractivity contribution in [2.75, 3.05) is 19.5 Å². The summed E-state index contributed by atoms with van der Waals surface area (Å²) in [5.74, 6) is 1.65. The molecule has 184 valence electrons. The van der Waals surface area contributed by atoms with E-state index >= 15 is 0 Å². The molecule has 36 heavy (non-hydrogen) atoms. The standard InChI is InChI=1S/C28H27N3O5/c1-17-12-13-20(14-18(17)2)31-27(33)21-15-19-8-7-11-24(35-4)26(19)36-28(21)30(31)16-25(32)29-22-9-5-6-10-23(22)34-3/h5-14H,15-16H2,1-4H3,(H,29,32). The molecule has 8 heteroatoms. The number of hydrogen-bond donors (Lipinski definition) is 1. The van der Waals surface area contributed by atoms with E-state index < -0.39 is 0 Å². The van der Waals surface area contributed by atoms with Gasteiger partial charge in [0.25, 0.3) is 5.56 Å². The largest absolute Gasteiger partial charge is 0.495 e. The van der Waals surface area contributed by atoms with Crippen LogP contribution in [0.5, 0.6) is 23.1 Å². The van der Waals surface area contributed by atoms with Crippen LogP contribution in [-0.2, 0) is 17.8 Å². The minimum Gasteiger partial charge on any atom is -0.495 e. The van der Waals surface area contributed by atoms with Gasteiger partial charge in [0.05, 0.1) is 31.2 Å². The van der Waals surface area contributed by atoms with Crippen molar-refractivity contribution < 1.29 is 19.0 Å². The van der Waals surface area contributed by atoms with Gasteiger partial charge in [-0.25, -0.2) is 9.36 Å². The van der Waals surface area contributed by atoms with Gasteiger partial charge in [0.15, 0.2) is 11.5 Å². The number of methoxy groups -OCH3 is 2. The van der Waals surface area contributed by atoms with Crippen LogP contribution in [0.4, 0.5) is 5.69 Å². The molecule has 4 aromatic rings. The Labute approximate surface area is 208 Å². The summed E-state index contributed by atoms with van der Waals surface area (Å²) < 4.78 is 20.2. The van der Waals surface area contributed by atoms with Gasteiger partial charge in [-0.1, -0.05) is 30.3 Å². The Bertz CT molecular complexity index is 1530. The number of rotatable bonds is 6. The van der Waals surface area contributed by atoms with Crippen LogP contribution >= 0.6 is 0 Å². The van der Waals surface area contributed by atoms with Gasteiger partial charge < -0.3 is 19.5 Å². The molecule has 1 amide bonds. The van der Waals surface area contributed by atoms with Gasteiger partial charge in [-0.3, -0.25) is 9.59 Å². The number of fused-ring (bicyclic) bond motifs is 2. The van der Waals surface area contributed by atoms with Crippen molar-refractivity contribution in [1.82, 2.24) is 9.36 Å². The molecule has 1 aromatic heterocycles. The van der Waals surface area contributed by atoms with E-state index in [1.807, 2.05) is 56.3 Å². The predicted octanol–water partition coefficient (Wildman–Crippen LogP) is 4.61. The molecule has 0 unspecified atom stereocenters. The fraction of sp³-hybridized carbons (Fsp3) is 0.214. The number of benzene rings is 3. The van der Waals surface area contributed by atoms with Crippen molar-refractivity contribution in [3.05, 3.63) is 93.3 Å². The minimum atomic E-state index is -0.329. The lowest BCUT2D eigenvalue weighted by Gasteiger charge is -2.21. The molecule has 0 bridgehead atoms. The molecule has 0 saturated heterocycles. The number of carbonyl (C=O) groups is 1. The molecule has 0 aliphatic carbocycles. The summed E-state index contributed by atoms with van der Waals surface area (Å²) in [6.45, 7) is 3.85. The number of amides is 1. The van der Waals surface area contributed by atoms with Crippen molar-refractivity contribution >= 4 is 11.6 Å². The molecule has 5 rings (SSSR count). The second-order valence-electron chi connectivity index (χ2n) is 8.70. The third-order valence-electron chi connectivity index (χ3n) is 6.44. The van der Waals surface area contributed by atoms with Crippen LogP contribution in [0.25, 0.3) is 5.69 Å². The highest BCUT2D eigenvalue weighted by Crippen LogP contribution is 2.42. The van der Waals surface area contributed by atoms with Crippen molar-refractivity contribution in [1.29, 1.82) is 0 Å². The molecule has 2 heterocycles. The molecule has 8 nitrogen and oxygen atoms in total. The molecule has 0 atom stereocenters.